The molecule has 17 heavy (non-hydrogen) atoms. The second-order valence-electron chi connectivity index (χ2n) is 5.07. The number of rotatable bonds is 5. The molecule has 1 aliphatic rings. The van der Waals surface area contributed by atoms with Crippen molar-refractivity contribution in [3.05, 3.63) is 0 Å². The summed E-state index contributed by atoms with van der Waals surface area (Å²) in [5, 5.41) is 3.41. The second-order valence-corrected chi connectivity index (χ2v) is 5.07. The number of halogens is 3. The van der Waals surface area contributed by atoms with Crippen LogP contribution in [0.2, 0.25) is 0 Å². The van der Waals surface area contributed by atoms with Crippen molar-refractivity contribution in [2.75, 3.05) is 6.54 Å². The normalized spacial score (nSPS) is 19.9. The molecule has 0 aliphatic heterocycles. The summed E-state index contributed by atoms with van der Waals surface area (Å²) < 4.78 is 35.7. The zero-order valence-electron chi connectivity index (χ0n) is 10.5. The summed E-state index contributed by atoms with van der Waals surface area (Å²) in [5.41, 5.74) is 0. The van der Waals surface area contributed by atoms with E-state index in [2.05, 4.69) is 5.32 Å². The van der Waals surface area contributed by atoms with Crippen molar-refractivity contribution >= 4 is 0 Å². The van der Waals surface area contributed by atoms with Crippen molar-refractivity contribution in [2.45, 2.75) is 76.4 Å². The van der Waals surface area contributed by atoms with E-state index in [1.165, 1.54) is 44.9 Å². The van der Waals surface area contributed by atoms with Crippen LogP contribution in [0.3, 0.4) is 0 Å². The Morgan fingerprint density at radius 2 is 1.47 bits per heavy atom. The van der Waals surface area contributed by atoms with Gasteiger partial charge in [0, 0.05) is 12.5 Å². The molecule has 1 saturated carbocycles. The minimum Gasteiger partial charge on any atom is -0.314 e. The fourth-order valence-electron chi connectivity index (χ4n) is 2.42. The lowest BCUT2D eigenvalue weighted by molar-refractivity contribution is -0.135. The number of hydrogen-bond donors (Lipinski definition) is 1. The lowest BCUT2D eigenvalue weighted by atomic mass is 9.96. The molecule has 0 aromatic carbocycles. The van der Waals surface area contributed by atoms with Crippen LogP contribution in [0, 0.1) is 0 Å². The summed E-state index contributed by atoms with van der Waals surface area (Å²) in [6.45, 7) is 0.737. The topological polar surface area (TPSA) is 12.0 Å². The molecule has 1 N–H and O–H groups in total. The third-order valence-electron chi connectivity index (χ3n) is 3.43. The van der Waals surface area contributed by atoms with Gasteiger partial charge in [0.05, 0.1) is 0 Å². The van der Waals surface area contributed by atoms with Gasteiger partial charge in [0.15, 0.2) is 0 Å². The summed E-state index contributed by atoms with van der Waals surface area (Å²) >= 11 is 0. The van der Waals surface area contributed by atoms with Gasteiger partial charge in [0.25, 0.3) is 0 Å². The zero-order valence-corrected chi connectivity index (χ0v) is 10.5. The van der Waals surface area contributed by atoms with Crippen LogP contribution in [-0.2, 0) is 0 Å². The van der Waals surface area contributed by atoms with Crippen LogP contribution in [0.4, 0.5) is 13.2 Å². The molecule has 0 heterocycles. The van der Waals surface area contributed by atoms with Crippen LogP contribution in [0.1, 0.15) is 64.2 Å². The highest BCUT2D eigenvalue weighted by molar-refractivity contribution is 4.69. The quantitative estimate of drug-likeness (QED) is 0.713. The first-order valence-electron chi connectivity index (χ1n) is 6.88. The van der Waals surface area contributed by atoms with Crippen molar-refractivity contribution in [1.82, 2.24) is 5.32 Å². The summed E-state index contributed by atoms with van der Waals surface area (Å²) in [4.78, 5) is 0. The molecular formula is C13H24F3N. The van der Waals surface area contributed by atoms with E-state index in [4.69, 9.17) is 0 Å². The lowest BCUT2D eigenvalue weighted by Gasteiger charge is -2.21. The van der Waals surface area contributed by atoms with Crippen LogP contribution in [0.25, 0.3) is 0 Å². The average Bonchev–Trinajstić information content (AvgIpc) is 2.18. The van der Waals surface area contributed by atoms with E-state index < -0.39 is 12.6 Å². The molecule has 0 spiro atoms. The highest BCUT2D eigenvalue weighted by Gasteiger charge is 2.25. The van der Waals surface area contributed by atoms with Gasteiger partial charge >= 0.3 is 6.18 Å². The molecule has 0 aromatic heterocycles. The molecule has 0 saturated heterocycles. The van der Waals surface area contributed by atoms with Crippen LogP contribution in [-0.4, -0.2) is 18.8 Å². The molecule has 1 fully saturated rings. The molecule has 0 amide bonds. The first-order valence-corrected chi connectivity index (χ1v) is 6.88. The average molecular weight is 251 g/mol. The third kappa shape index (κ3) is 8.47. The third-order valence-corrected chi connectivity index (χ3v) is 3.43. The summed E-state index contributed by atoms with van der Waals surface area (Å²) in [6.07, 6.45) is 5.15. The maximum absolute atomic E-state index is 11.9. The summed E-state index contributed by atoms with van der Waals surface area (Å²) in [7, 11) is 0. The van der Waals surface area contributed by atoms with Crippen LogP contribution in [0.15, 0.2) is 0 Å². The van der Waals surface area contributed by atoms with Crippen molar-refractivity contribution in [3.8, 4) is 0 Å². The fraction of sp³-hybridized carbons (Fsp3) is 1.00. The summed E-state index contributed by atoms with van der Waals surface area (Å²) in [6, 6.07) is 0.543. The van der Waals surface area contributed by atoms with E-state index in [-0.39, 0.29) is 6.42 Å². The Balaban J connectivity index is 2.00. The van der Waals surface area contributed by atoms with E-state index in [1.54, 1.807) is 0 Å². The summed E-state index contributed by atoms with van der Waals surface area (Å²) in [5.74, 6) is 0. The van der Waals surface area contributed by atoms with Crippen molar-refractivity contribution < 1.29 is 13.2 Å². The Hall–Kier alpha value is -0.250. The van der Waals surface area contributed by atoms with Gasteiger partial charge in [-0.15, -0.1) is 0 Å². The van der Waals surface area contributed by atoms with E-state index >= 15 is 0 Å². The molecule has 1 rings (SSSR count). The minimum absolute atomic E-state index is 0.253. The van der Waals surface area contributed by atoms with Gasteiger partial charge in [-0.2, -0.15) is 13.2 Å². The van der Waals surface area contributed by atoms with E-state index in [9.17, 15) is 13.2 Å². The van der Waals surface area contributed by atoms with Crippen LogP contribution >= 0.6 is 0 Å². The molecule has 0 unspecified atom stereocenters. The largest absolute Gasteiger partial charge is 0.389 e. The fourth-order valence-corrected chi connectivity index (χ4v) is 2.42. The molecule has 4 heteroatoms. The smallest absolute Gasteiger partial charge is 0.314 e. The predicted octanol–water partition coefficient (Wildman–Crippen LogP) is 4.42. The monoisotopic (exact) mass is 251 g/mol. The first kappa shape index (κ1) is 14.8. The standard InChI is InChI=1S/C13H24F3N/c14-13(15,16)10-6-7-11-17-12-8-4-2-1-3-5-9-12/h12,17H,1-11H2. The van der Waals surface area contributed by atoms with E-state index in [0.717, 1.165) is 6.54 Å². The molecule has 0 aromatic rings. The molecule has 0 radical (unpaired) electrons. The predicted molar refractivity (Wildman–Crippen MR) is 64.0 cm³/mol. The maximum Gasteiger partial charge on any atom is 0.389 e. The number of alkyl halides is 3. The Labute approximate surface area is 102 Å². The maximum atomic E-state index is 11.9. The van der Waals surface area contributed by atoms with Gasteiger partial charge in [-0.05, 0) is 32.2 Å². The van der Waals surface area contributed by atoms with Crippen molar-refractivity contribution in [1.29, 1.82) is 0 Å². The first-order chi connectivity index (χ1) is 8.08. The van der Waals surface area contributed by atoms with Crippen LogP contribution in [0.5, 0.6) is 0 Å². The zero-order chi connectivity index (χ0) is 12.6. The van der Waals surface area contributed by atoms with Gasteiger partial charge < -0.3 is 5.32 Å². The molecule has 1 aliphatic carbocycles. The molecule has 0 bridgehead atoms. The highest BCUT2D eigenvalue weighted by Crippen LogP contribution is 2.22. The Morgan fingerprint density at radius 3 is 2.06 bits per heavy atom. The van der Waals surface area contributed by atoms with Gasteiger partial charge in [-0.25, -0.2) is 0 Å². The van der Waals surface area contributed by atoms with Gasteiger partial charge in [0.1, 0.15) is 0 Å². The van der Waals surface area contributed by atoms with Gasteiger partial charge in [0.2, 0.25) is 0 Å². The highest BCUT2D eigenvalue weighted by atomic mass is 19.4. The van der Waals surface area contributed by atoms with Crippen molar-refractivity contribution in [2.24, 2.45) is 0 Å². The van der Waals surface area contributed by atoms with Gasteiger partial charge in [-0.3, -0.25) is 0 Å². The van der Waals surface area contributed by atoms with Crippen LogP contribution < -0.4 is 5.32 Å². The SMILES string of the molecule is FC(F)(F)CCCCNC1CCCCCCC1. The number of unbranched alkanes of at least 4 members (excludes halogenated alkanes) is 1. The second kappa shape index (κ2) is 7.96. The Kier molecular flexibility index (Phi) is 6.93. The number of nitrogens with one attached hydrogen (secondary N) is 1. The molecular weight excluding hydrogens is 227 g/mol. The molecule has 102 valence electrons. The van der Waals surface area contributed by atoms with E-state index in [0.29, 0.717) is 12.5 Å². The Morgan fingerprint density at radius 1 is 0.882 bits per heavy atom. The molecule has 0 atom stereocenters. The van der Waals surface area contributed by atoms with E-state index in [1.807, 2.05) is 0 Å². The van der Waals surface area contributed by atoms with Gasteiger partial charge in [-0.1, -0.05) is 32.1 Å². The Bertz CT molecular complexity index is 184. The minimum atomic E-state index is -3.99. The number of hydrogen-bond acceptors (Lipinski definition) is 1. The lowest BCUT2D eigenvalue weighted by Crippen LogP contribution is -2.30. The van der Waals surface area contributed by atoms with Crippen molar-refractivity contribution in [3.63, 3.8) is 0 Å². The molecule has 1 nitrogen and oxygen atoms in total.